The minimum Gasteiger partial charge on any atom is -0.358 e. The summed E-state index contributed by atoms with van der Waals surface area (Å²) in [5.41, 5.74) is 0.948. The fraction of sp³-hybridized carbons (Fsp3) is 0.545. The van der Waals surface area contributed by atoms with Crippen molar-refractivity contribution in [3.05, 3.63) is 22.8 Å². The molecule has 1 aromatic heterocycles. The lowest BCUT2D eigenvalue weighted by atomic mass is 10.2. The Morgan fingerprint density at radius 2 is 2.13 bits per heavy atom. The van der Waals surface area contributed by atoms with Crippen molar-refractivity contribution in [2.24, 2.45) is 5.92 Å². The zero-order valence-electron chi connectivity index (χ0n) is 9.30. The number of hydrogen-bond donors (Lipinski definition) is 0. The quantitative estimate of drug-likeness (QED) is 0.756. The second-order valence-electron chi connectivity index (χ2n) is 4.06. The van der Waals surface area contributed by atoms with E-state index in [-0.39, 0.29) is 0 Å². The highest BCUT2D eigenvalue weighted by Gasteiger charge is 2.09. The fourth-order valence-electron chi connectivity index (χ4n) is 1.46. The van der Waals surface area contributed by atoms with Crippen LogP contribution in [0.2, 0.25) is 5.02 Å². The lowest BCUT2D eigenvalue weighted by molar-refractivity contribution is 0.634. The summed E-state index contributed by atoms with van der Waals surface area (Å²) in [5, 5.41) is 0.663. The van der Waals surface area contributed by atoms with Gasteiger partial charge in [-0.3, -0.25) is 0 Å². The number of nitrogens with zero attached hydrogens (tertiary/aromatic N) is 2. The molecular weight excluding hydrogens is 231 g/mol. The predicted octanol–water partition coefficient (Wildman–Crippen LogP) is 3.57. The average molecular weight is 247 g/mol. The first kappa shape index (κ1) is 12.6. The molecule has 0 fully saturated rings. The van der Waals surface area contributed by atoms with Gasteiger partial charge in [0.1, 0.15) is 5.82 Å². The number of pyridine rings is 1. The Hall–Kier alpha value is -0.470. The Morgan fingerprint density at radius 1 is 1.47 bits per heavy atom. The first-order valence-corrected chi connectivity index (χ1v) is 5.87. The maximum absolute atomic E-state index is 6.12. The zero-order chi connectivity index (χ0) is 11.4. The Bertz CT molecular complexity index is 326. The number of aromatic nitrogens is 1. The van der Waals surface area contributed by atoms with Gasteiger partial charge in [0.15, 0.2) is 0 Å². The van der Waals surface area contributed by atoms with Crippen LogP contribution >= 0.6 is 23.2 Å². The van der Waals surface area contributed by atoms with Crippen LogP contribution in [0.25, 0.3) is 0 Å². The van der Waals surface area contributed by atoms with Gasteiger partial charge in [-0.2, -0.15) is 0 Å². The summed E-state index contributed by atoms with van der Waals surface area (Å²) in [5.74, 6) is 1.85. The van der Waals surface area contributed by atoms with Crippen molar-refractivity contribution in [2.45, 2.75) is 19.7 Å². The van der Waals surface area contributed by atoms with Crippen molar-refractivity contribution in [3.8, 4) is 0 Å². The summed E-state index contributed by atoms with van der Waals surface area (Å²) in [6.45, 7) is 5.27. The van der Waals surface area contributed by atoms with Gasteiger partial charge in [-0.05, 0) is 17.5 Å². The number of hydrogen-bond acceptors (Lipinski definition) is 2. The Morgan fingerprint density at radius 3 is 2.60 bits per heavy atom. The minimum absolute atomic E-state index is 0.445. The molecule has 1 aromatic rings. The molecule has 2 nitrogen and oxygen atoms in total. The van der Waals surface area contributed by atoms with Gasteiger partial charge in [-0.1, -0.05) is 25.4 Å². The third-order valence-corrected chi connectivity index (χ3v) is 2.62. The second-order valence-corrected chi connectivity index (χ2v) is 4.73. The molecule has 0 saturated carbocycles. The van der Waals surface area contributed by atoms with Crippen molar-refractivity contribution in [3.63, 3.8) is 0 Å². The van der Waals surface area contributed by atoms with E-state index in [0.717, 1.165) is 17.9 Å². The molecule has 1 heterocycles. The largest absolute Gasteiger partial charge is 0.358 e. The van der Waals surface area contributed by atoms with E-state index in [1.54, 1.807) is 6.20 Å². The summed E-state index contributed by atoms with van der Waals surface area (Å²) in [6.07, 6.45) is 1.77. The lowest BCUT2D eigenvalue weighted by Gasteiger charge is -2.21. The van der Waals surface area contributed by atoms with Crippen molar-refractivity contribution >= 4 is 29.0 Å². The van der Waals surface area contributed by atoms with E-state index in [1.165, 1.54) is 0 Å². The van der Waals surface area contributed by atoms with Crippen LogP contribution in [0.1, 0.15) is 19.4 Å². The Kier molecular flexibility index (Phi) is 4.68. The highest BCUT2D eigenvalue weighted by Crippen LogP contribution is 2.24. The van der Waals surface area contributed by atoms with E-state index in [1.807, 2.05) is 13.1 Å². The molecule has 0 aromatic carbocycles. The molecule has 0 saturated heterocycles. The van der Waals surface area contributed by atoms with Crippen LogP contribution in [0.3, 0.4) is 0 Å². The maximum atomic E-state index is 6.12. The number of alkyl halides is 1. The fourth-order valence-corrected chi connectivity index (χ4v) is 1.94. The molecule has 0 radical (unpaired) electrons. The molecule has 0 aliphatic carbocycles. The highest BCUT2D eigenvalue weighted by atomic mass is 35.5. The summed E-state index contributed by atoms with van der Waals surface area (Å²) in [4.78, 5) is 6.37. The summed E-state index contributed by atoms with van der Waals surface area (Å²) < 4.78 is 0. The lowest BCUT2D eigenvalue weighted by Crippen LogP contribution is -2.23. The smallest absolute Gasteiger partial charge is 0.147 e. The Labute approximate surface area is 101 Å². The van der Waals surface area contributed by atoms with Crippen molar-refractivity contribution < 1.29 is 0 Å². The Balaban J connectivity index is 2.85. The molecule has 0 atom stereocenters. The van der Waals surface area contributed by atoms with Gasteiger partial charge in [-0.15, -0.1) is 11.6 Å². The van der Waals surface area contributed by atoms with Gasteiger partial charge in [-0.25, -0.2) is 4.98 Å². The first-order chi connectivity index (χ1) is 7.04. The monoisotopic (exact) mass is 246 g/mol. The van der Waals surface area contributed by atoms with Gasteiger partial charge >= 0.3 is 0 Å². The molecule has 0 N–H and O–H groups in total. The van der Waals surface area contributed by atoms with Crippen LogP contribution in [0.15, 0.2) is 12.3 Å². The van der Waals surface area contributed by atoms with Gasteiger partial charge in [0.05, 0.1) is 5.02 Å². The molecule has 0 spiro atoms. The van der Waals surface area contributed by atoms with E-state index in [4.69, 9.17) is 23.2 Å². The van der Waals surface area contributed by atoms with Crippen molar-refractivity contribution in [1.82, 2.24) is 4.98 Å². The van der Waals surface area contributed by atoms with E-state index in [9.17, 15) is 0 Å². The zero-order valence-corrected chi connectivity index (χ0v) is 10.8. The third-order valence-electron chi connectivity index (χ3n) is 2.03. The van der Waals surface area contributed by atoms with Gasteiger partial charge in [0.25, 0.3) is 0 Å². The molecule has 0 aliphatic heterocycles. The standard InChI is InChI=1S/C11H16Cl2N2/c1-8(2)7-15(3)11-10(13)4-9(5-12)6-14-11/h4,6,8H,5,7H2,1-3H3. The van der Waals surface area contributed by atoms with Gasteiger partial charge in [0, 0.05) is 25.7 Å². The molecular formula is C11H16Cl2N2. The SMILES string of the molecule is CC(C)CN(C)c1ncc(CCl)cc1Cl. The van der Waals surface area contributed by atoms with Crippen LogP contribution in [0.5, 0.6) is 0 Å². The number of halogens is 2. The van der Waals surface area contributed by atoms with E-state index < -0.39 is 0 Å². The molecule has 0 bridgehead atoms. The van der Waals surface area contributed by atoms with Crippen LogP contribution in [0, 0.1) is 5.92 Å². The molecule has 0 unspecified atom stereocenters. The normalized spacial score (nSPS) is 10.8. The predicted molar refractivity (Wildman–Crippen MR) is 66.9 cm³/mol. The highest BCUT2D eigenvalue weighted by molar-refractivity contribution is 6.33. The van der Waals surface area contributed by atoms with Crippen LogP contribution < -0.4 is 4.90 Å². The van der Waals surface area contributed by atoms with E-state index in [0.29, 0.717) is 16.8 Å². The van der Waals surface area contributed by atoms with Crippen molar-refractivity contribution in [1.29, 1.82) is 0 Å². The topological polar surface area (TPSA) is 16.1 Å². The molecule has 0 aliphatic rings. The average Bonchev–Trinajstić information content (AvgIpc) is 2.16. The van der Waals surface area contributed by atoms with E-state index >= 15 is 0 Å². The second kappa shape index (κ2) is 5.57. The van der Waals surface area contributed by atoms with Crippen LogP contribution in [-0.4, -0.2) is 18.6 Å². The molecule has 1 rings (SSSR count). The molecule has 84 valence electrons. The number of anilines is 1. The van der Waals surface area contributed by atoms with E-state index in [2.05, 4.69) is 23.7 Å². The van der Waals surface area contributed by atoms with Crippen molar-refractivity contribution in [2.75, 3.05) is 18.5 Å². The van der Waals surface area contributed by atoms with Gasteiger partial charge in [0.2, 0.25) is 0 Å². The van der Waals surface area contributed by atoms with Gasteiger partial charge < -0.3 is 4.90 Å². The first-order valence-electron chi connectivity index (χ1n) is 4.96. The maximum Gasteiger partial charge on any atom is 0.147 e. The molecule has 4 heteroatoms. The number of rotatable bonds is 4. The summed E-state index contributed by atoms with van der Waals surface area (Å²) >= 11 is 11.8. The minimum atomic E-state index is 0.445. The summed E-state index contributed by atoms with van der Waals surface area (Å²) in [6, 6.07) is 1.87. The molecule has 15 heavy (non-hydrogen) atoms. The molecule has 0 amide bonds. The third kappa shape index (κ3) is 3.54. The van der Waals surface area contributed by atoms with Crippen LogP contribution in [0.4, 0.5) is 5.82 Å². The summed E-state index contributed by atoms with van der Waals surface area (Å²) in [7, 11) is 1.99. The van der Waals surface area contributed by atoms with Crippen LogP contribution in [-0.2, 0) is 5.88 Å².